The average molecular weight is 408 g/mol. The molecule has 0 saturated heterocycles. The topological polar surface area (TPSA) is 0 Å². The van der Waals surface area contributed by atoms with E-state index < -0.39 is 0 Å². The first-order valence-corrected chi connectivity index (χ1v) is 14.2. The van der Waals surface area contributed by atoms with E-state index in [1.54, 1.807) is 0 Å². The van der Waals surface area contributed by atoms with Crippen molar-refractivity contribution < 1.29 is 0 Å². The smallest absolute Gasteiger partial charge is 0.0533 e. The zero-order valence-electron chi connectivity index (χ0n) is 20.8. The van der Waals surface area contributed by atoms with Crippen molar-refractivity contribution in [3.8, 4) is 0 Å². The zero-order chi connectivity index (χ0) is 21.1. The third-order valence-corrected chi connectivity index (χ3v) is 6.60. The van der Waals surface area contributed by atoms with E-state index in [1.807, 2.05) is 0 Å². The van der Waals surface area contributed by atoms with Crippen LogP contribution in [0, 0.1) is 6.92 Å². The van der Waals surface area contributed by atoms with Crippen LogP contribution in [-0.4, -0.2) is 0 Å². The number of hydrogen-bond donors (Lipinski definition) is 0. The van der Waals surface area contributed by atoms with Gasteiger partial charge in [-0.25, -0.2) is 0 Å². The van der Waals surface area contributed by atoms with Crippen molar-refractivity contribution in [2.24, 2.45) is 0 Å². The van der Waals surface area contributed by atoms with Crippen molar-refractivity contribution in [2.75, 3.05) is 0 Å². The van der Waals surface area contributed by atoms with Crippen LogP contribution >= 0.6 is 0 Å². The van der Waals surface area contributed by atoms with E-state index in [0.29, 0.717) is 0 Å². The summed E-state index contributed by atoms with van der Waals surface area (Å²) in [5.74, 6) is 0. The minimum Gasteiger partial charge on any atom is -0.0654 e. The molecule has 0 aromatic carbocycles. The predicted molar refractivity (Wildman–Crippen MR) is 136 cm³/mol. The molecule has 0 aliphatic rings. The Labute approximate surface area is 187 Å². The fourth-order valence-corrected chi connectivity index (χ4v) is 4.49. The highest BCUT2D eigenvalue weighted by atomic mass is 14.0. The highest BCUT2D eigenvalue weighted by molar-refractivity contribution is 4.52. The predicted octanol–water partition coefficient (Wildman–Crippen LogP) is 11.4. The molecule has 0 atom stereocenters. The normalized spacial score (nSPS) is 11.4. The molecule has 1 radical (unpaired) electrons. The molecule has 0 aliphatic carbocycles. The van der Waals surface area contributed by atoms with Gasteiger partial charge >= 0.3 is 0 Å². The molecule has 0 fully saturated rings. The molecule has 0 aromatic rings. The van der Waals surface area contributed by atoms with E-state index in [4.69, 9.17) is 0 Å². The molecule has 0 unspecified atom stereocenters. The van der Waals surface area contributed by atoms with Gasteiger partial charge in [0.2, 0.25) is 0 Å². The van der Waals surface area contributed by atoms with E-state index >= 15 is 0 Å². The number of unbranched alkanes of at least 4 members (excludes halogenated alkanes) is 26. The maximum Gasteiger partial charge on any atom is -0.0533 e. The molecule has 0 heterocycles. The summed E-state index contributed by atoms with van der Waals surface area (Å²) in [4.78, 5) is 0. The average Bonchev–Trinajstić information content (AvgIpc) is 2.74. The molecule has 0 bridgehead atoms. The van der Waals surface area contributed by atoms with Crippen LogP contribution in [-0.2, 0) is 0 Å². The van der Waals surface area contributed by atoms with Gasteiger partial charge in [-0.1, -0.05) is 187 Å². The molecule has 0 spiro atoms. The van der Waals surface area contributed by atoms with Crippen LogP contribution in [0.25, 0.3) is 0 Å². The van der Waals surface area contributed by atoms with Crippen molar-refractivity contribution in [2.45, 2.75) is 180 Å². The van der Waals surface area contributed by atoms with E-state index in [9.17, 15) is 0 Å². The Morgan fingerprint density at radius 3 is 0.621 bits per heavy atom. The Morgan fingerprint density at radius 1 is 0.276 bits per heavy atom. The summed E-state index contributed by atoms with van der Waals surface area (Å²) in [6.07, 6.45) is 39.3. The molecule has 0 aliphatic heterocycles. The SMILES string of the molecule is [CH2]CCCCCCCCCCCCCCCCCCCCCCCCCCCC. The monoisotopic (exact) mass is 407 g/mol. The zero-order valence-corrected chi connectivity index (χ0v) is 20.8. The van der Waals surface area contributed by atoms with Gasteiger partial charge in [-0.3, -0.25) is 0 Å². The van der Waals surface area contributed by atoms with Gasteiger partial charge < -0.3 is 0 Å². The molecule has 0 saturated carbocycles. The van der Waals surface area contributed by atoms with Crippen LogP contribution < -0.4 is 0 Å². The fraction of sp³-hybridized carbons (Fsp3) is 0.966. The molecule has 0 amide bonds. The van der Waals surface area contributed by atoms with Crippen LogP contribution in [0.5, 0.6) is 0 Å². The van der Waals surface area contributed by atoms with E-state index in [0.717, 1.165) is 6.42 Å². The molecule has 0 aromatic heterocycles. The van der Waals surface area contributed by atoms with Gasteiger partial charge in [0.15, 0.2) is 0 Å². The second kappa shape index (κ2) is 28.0. The Morgan fingerprint density at radius 2 is 0.448 bits per heavy atom. The van der Waals surface area contributed by atoms with Crippen molar-refractivity contribution in [3.63, 3.8) is 0 Å². The lowest BCUT2D eigenvalue weighted by Gasteiger charge is -2.04. The van der Waals surface area contributed by atoms with Gasteiger partial charge in [0.1, 0.15) is 0 Å². The summed E-state index contributed by atoms with van der Waals surface area (Å²) >= 11 is 0. The van der Waals surface area contributed by atoms with E-state index in [1.165, 1.54) is 167 Å². The fourth-order valence-electron chi connectivity index (χ4n) is 4.49. The first-order chi connectivity index (χ1) is 14.4. The van der Waals surface area contributed by atoms with Gasteiger partial charge in [-0.15, -0.1) is 0 Å². The lowest BCUT2D eigenvalue weighted by Crippen LogP contribution is -1.84. The summed E-state index contributed by atoms with van der Waals surface area (Å²) in [5.41, 5.74) is 0. The van der Waals surface area contributed by atoms with Crippen molar-refractivity contribution >= 4 is 0 Å². The minimum absolute atomic E-state index is 1.12. The second-order valence-corrected chi connectivity index (χ2v) is 9.69. The van der Waals surface area contributed by atoms with Crippen molar-refractivity contribution in [1.29, 1.82) is 0 Å². The highest BCUT2D eigenvalue weighted by Crippen LogP contribution is 2.16. The number of hydrogen-bond acceptors (Lipinski definition) is 0. The van der Waals surface area contributed by atoms with Crippen LogP contribution in [0.4, 0.5) is 0 Å². The largest absolute Gasteiger partial charge is 0.0654 e. The molecule has 0 rings (SSSR count). The molecule has 29 heavy (non-hydrogen) atoms. The van der Waals surface area contributed by atoms with Crippen LogP contribution in [0.1, 0.15) is 180 Å². The molecule has 0 N–H and O–H groups in total. The van der Waals surface area contributed by atoms with Gasteiger partial charge in [0.25, 0.3) is 0 Å². The molecular formula is C29H59. The first kappa shape index (κ1) is 29.0. The summed E-state index contributed by atoms with van der Waals surface area (Å²) in [6, 6.07) is 0. The number of rotatable bonds is 26. The third-order valence-electron chi connectivity index (χ3n) is 6.60. The Balaban J connectivity index is 2.97. The van der Waals surface area contributed by atoms with Crippen LogP contribution in [0.15, 0.2) is 0 Å². The van der Waals surface area contributed by atoms with Gasteiger partial charge in [0.05, 0.1) is 0 Å². The molecule has 175 valence electrons. The second-order valence-electron chi connectivity index (χ2n) is 9.69. The molecule has 0 nitrogen and oxygen atoms in total. The van der Waals surface area contributed by atoms with E-state index in [2.05, 4.69) is 13.8 Å². The third kappa shape index (κ3) is 28.0. The Hall–Kier alpha value is 0. The molecule has 0 heteroatoms. The van der Waals surface area contributed by atoms with Gasteiger partial charge in [-0.2, -0.15) is 0 Å². The summed E-state index contributed by atoms with van der Waals surface area (Å²) in [5, 5.41) is 0. The lowest BCUT2D eigenvalue weighted by atomic mass is 10.0. The van der Waals surface area contributed by atoms with Crippen molar-refractivity contribution in [1.82, 2.24) is 0 Å². The maximum atomic E-state index is 3.92. The Bertz CT molecular complexity index is 231. The maximum absolute atomic E-state index is 3.92. The van der Waals surface area contributed by atoms with E-state index in [-0.39, 0.29) is 0 Å². The standard InChI is InChI=1S/C29H59/c1-3-5-7-9-11-13-15-17-19-21-23-25-27-29-28-26-24-22-20-18-16-14-12-10-8-6-4-2/h1,3-29H2,2H3. The Kier molecular flexibility index (Phi) is 28.0. The summed E-state index contributed by atoms with van der Waals surface area (Å²) in [6.45, 7) is 6.22. The first-order valence-electron chi connectivity index (χ1n) is 14.2. The van der Waals surface area contributed by atoms with Crippen LogP contribution in [0.2, 0.25) is 0 Å². The molecular weight excluding hydrogens is 348 g/mol. The van der Waals surface area contributed by atoms with Gasteiger partial charge in [0, 0.05) is 0 Å². The van der Waals surface area contributed by atoms with Crippen molar-refractivity contribution in [3.05, 3.63) is 6.92 Å². The highest BCUT2D eigenvalue weighted by Gasteiger charge is 1.96. The quantitative estimate of drug-likeness (QED) is 0.125. The minimum atomic E-state index is 1.12. The summed E-state index contributed by atoms with van der Waals surface area (Å²) < 4.78 is 0. The van der Waals surface area contributed by atoms with Gasteiger partial charge in [-0.05, 0) is 0 Å². The summed E-state index contributed by atoms with van der Waals surface area (Å²) in [7, 11) is 0. The van der Waals surface area contributed by atoms with Crippen LogP contribution in [0.3, 0.4) is 0 Å². The lowest BCUT2D eigenvalue weighted by molar-refractivity contribution is 0.515.